The van der Waals surface area contributed by atoms with E-state index in [4.69, 9.17) is 4.74 Å². The number of hydrogen-bond acceptors (Lipinski definition) is 4. The Morgan fingerprint density at radius 1 is 1.32 bits per heavy atom. The molecular formula is C13H18BrNO3S. The number of carbonyl (C=O) groups excluding carboxylic acids is 2. The van der Waals surface area contributed by atoms with E-state index in [0.717, 1.165) is 28.6 Å². The standard InChI is InChI=1S/C13H18BrNO3S/c1-8-9(2)19-12(11(8)13(17)18-3)15-10(16)6-4-5-7-14/h4-7H2,1-3H3,(H,15,16). The van der Waals surface area contributed by atoms with Crippen LogP contribution in [0.5, 0.6) is 0 Å². The molecule has 19 heavy (non-hydrogen) atoms. The van der Waals surface area contributed by atoms with Gasteiger partial charge in [0, 0.05) is 16.6 Å². The summed E-state index contributed by atoms with van der Waals surface area (Å²) in [6.45, 7) is 3.78. The minimum atomic E-state index is -0.405. The zero-order valence-electron chi connectivity index (χ0n) is 11.3. The minimum absolute atomic E-state index is 0.0626. The molecular weight excluding hydrogens is 330 g/mol. The van der Waals surface area contributed by atoms with Crippen LogP contribution in [-0.4, -0.2) is 24.3 Å². The van der Waals surface area contributed by atoms with Crippen molar-refractivity contribution in [3.63, 3.8) is 0 Å². The zero-order chi connectivity index (χ0) is 14.4. The van der Waals surface area contributed by atoms with Gasteiger partial charge in [0.2, 0.25) is 5.91 Å². The molecule has 1 amide bonds. The molecule has 4 nitrogen and oxygen atoms in total. The first-order chi connectivity index (χ1) is 9.01. The first-order valence-corrected chi connectivity index (χ1v) is 7.99. The summed E-state index contributed by atoms with van der Waals surface area (Å²) in [5.41, 5.74) is 1.34. The molecule has 0 aromatic carbocycles. The van der Waals surface area contributed by atoms with E-state index in [1.165, 1.54) is 18.4 Å². The van der Waals surface area contributed by atoms with Crippen LogP contribution < -0.4 is 5.32 Å². The highest BCUT2D eigenvalue weighted by Gasteiger charge is 2.21. The maximum Gasteiger partial charge on any atom is 0.341 e. The Balaban J connectivity index is 2.80. The van der Waals surface area contributed by atoms with Crippen LogP contribution in [0.25, 0.3) is 0 Å². The molecule has 1 N–H and O–H groups in total. The van der Waals surface area contributed by atoms with E-state index < -0.39 is 5.97 Å². The quantitative estimate of drug-likeness (QED) is 0.485. The molecule has 0 fully saturated rings. The molecule has 0 aliphatic carbocycles. The van der Waals surface area contributed by atoms with Crippen molar-refractivity contribution in [2.24, 2.45) is 0 Å². The van der Waals surface area contributed by atoms with Crippen LogP contribution in [0.2, 0.25) is 0 Å². The molecule has 0 spiro atoms. The van der Waals surface area contributed by atoms with Gasteiger partial charge in [0.15, 0.2) is 0 Å². The van der Waals surface area contributed by atoms with E-state index >= 15 is 0 Å². The summed E-state index contributed by atoms with van der Waals surface area (Å²) in [5, 5.41) is 4.29. The number of amides is 1. The third-order valence-corrected chi connectivity index (χ3v) is 4.50. The lowest BCUT2D eigenvalue weighted by Gasteiger charge is -2.05. The highest BCUT2D eigenvalue weighted by atomic mass is 79.9. The lowest BCUT2D eigenvalue weighted by molar-refractivity contribution is -0.116. The molecule has 1 rings (SSSR count). The van der Waals surface area contributed by atoms with Crippen molar-refractivity contribution >= 4 is 44.1 Å². The van der Waals surface area contributed by atoms with Gasteiger partial charge in [0.1, 0.15) is 5.00 Å². The van der Waals surface area contributed by atoms with Crippen LogP contribution in [0.15, 0.2) is 0 Å². The lowest BCUT2D eigenvalue weighted by Crippen LogP contribution is -2.13. The second-order valence-electron chi connectivity index (χ2n) is 4.17. The molecule has 0 aliphatic rings. The van der Waals surface area contributed by atoms with Gasteiger partial charge in [0.25, 0.3) is 0 Å². The number of rotatable bonds is 6. The van der Waals surface area contributed by atoms with Crippen molar-refractivity contribution < 1.29 is 14.3 Å². The number of unbranched alkanes of at least 4 members (excludes halogenated alkanes) is 1. The Bertz CT molecular complexity index is 471. The van der Waals surface area contributed by atoms with Crippen molar-refractivity contribution in [1.82, 2.24) is 0 Å². The summed E-state index contributed by atoms with van der Waals surface area (Å²) in [5.74, 6) is -0.468. The average molecular weight is 348 g/mol. The fourth-order valence-electron chi connectivity index (χ4n) is 1.63. The summed E-state index contributed by atoms with van der Waals surface area (Å²) in [4.78, 5) is 24.5. The van der Waals surface area contributed by atoms with Gasteiger partial charge in [-0.3, -0.25) is 4.79 Å². The van der Waals surface area contributed by atoms with Gasteiger partial charge >= 0.3 is 5.97 Å². The molecule has 0 bridgehead atoms. The Morgan fingerprint density at radius 2 is 2.00 bits per heavy atom. The maximum absolute atomic E-state index is 11.8. The van der Waals surface area contributed by atoms with Gasteiger partial charge < -0.3 is 10.1 Å². The second kappa shape index (κ2) is 7.65. The smallest absolute Gasteiger partial charge is 0.341 e. The molecule has 6 heteroatoms. The average Bonchev–Trinajstić information content (AvgIpc) is 2.64. The maximum atomic E-state index is 11.8. The Labute approximate surface area is 125 Å². The van der Waals surface area contributed by atoms with E-state index in [1.54, 1.807) is 0 Å². The normalized spacial score (nSPS) is 10.3. The van der Waals surface area contributed by atoms with Gasteiger partial charge in [-0.25, -0.2) is 4.79 Å². The fourth-order valence-corrected chi connectivity index (χ4v) is 3.09. The van der Waals surface area contributed by atoms with E-state index in [0.29, 0.717) is 17.0 Å². The van der Waals surface area contributed by atoms with Crippen molar-refractivity contribution in [3.05, 3.63) is 16.0 Å². The summed E-state index contributed by atoms with van der Waals surface area (Å²) in [6.07, 6.45) is 2.25. The highest BCUT2D eigenvalue weighted by molar-refractivity contribution is 9.09. The number of esters is 1. The predicted octanol–water partition coefficient (Wildman–Crippen LogP) is 3.66. The molecule has 0 saturated carbocycles. The number of hydrogen-bond donors (Lipinski definition) is 1. The Kier molecular flexibility index (Phi) is 6.51. The molecule has 0 radical (unpaired) electrons. The number of thiophene rings is 1. The molecule has 0 saturated heterocycles. The van der Waals surface area contributed by atoms with Gasteiger partial charge in [-0.05, 0) is 32.3 Å². The van der Waals surface area contributed by atoms with Crippen molar-refractivity contribution in [2.45, 2.75) is 33.1 Å². The lowest BCUT2D eigenvalue weighted by atomic mass is 10.1. The molecule has 1 heterocycles. The molecule has 106 valence electrons. The SMILES string of the molecule is COC(=O)c1c(NC(=O)CCCCBr)sc(C)c1C. The molecule has 1 aromatic heterocycles. The number of methoxy groups -OCH3 is 1. The van der Waals surface area contributed by atoms with Gasteiger partial charge in [0.05, 0.1) is 12.7 Å². The molecule has 0 atom stereocenters. The van der Waals surface area contributed by atoms with Gasteiger partial charge in [-0.15, -0.1) is 11.3 Å². The van der Waals surface area contributed by atoms with Crippen molar-refractivity contribution in [3.8, 4) is 0 Å². The molecule has 1 aromatic rings. The highest BCUT2D eigenvalue weighted by Crippen LogP contribution is 2.33. The van der Waals surface area contributed by atoms with E-state index in [2.05, 4.69) is 21.2 Å². The minimum Gasteiger partial charge on any atom is -0.465 e. The van der Waals surface area contributed by atoms with Crippen molar-refractivity contribution in [1.29, 1.82) is 0 Å². The number of halogens is 1. The number of nitrogens with one attached hydrogen (secondary N) is 1. The van der Waals surface area contributed by atoms with Crippen LogP contribution in [0, 0.1) is 13.8 Å². The first kappa shape index (κ1) is 16.2. The number of aryl methyl sites for hydroxylation is 1. The summed E-state index contributed by atoms with van der Waals surface area (Å²) >= 11 is 4.74. The Morgan fingerprint density at radius 3 is 2.58 bits per heavy atom. The van der Waals surface area contributed by atoms with Crippen LogP contribution in [0.3, 0.4) is 0 Å². The summed E-state index contributed by atoms with van der Waals surface area (Å²) in [6, 6.07) is 0. The fraction of sp³-hybridized carbons (Fsp3) is 0.538. The second-order valence-corrected chi connectivity index (χ2v) is 6.19. The third kappa shape index (κ3) is 4.31. The van der Waals surface area contributed by atoms with Crippen LogP contribution in [-0.2, 0) is 9.53 Å². The van der Waals surface area contributed by atoms with E-state index in [9.17, 15) is 9.59 Å². The topological polar surface area (TPSA) is 55.4 Å². The molecule has 0 unspecified atom stereocenters. The zero-order valence-corrected chi connectivity index (χ0v) is 13.7. The largest absolute Gasteiger partial charge is 0.465 e. The van der Waals surface area contributed by atoms with Crippen LogP contribution >= 0.6 is 27.3 Å². The Hall–Kier alpha value is -0.880. The van der Waals surface area contributed by atoms with E-state index in [-0.39, 0.29) is 5.91 Å². The third-order valence-electron chi connectivity index (χ3n) is 2.82. The monoisotopic (exact) mass is 347 g/mol. The number of ether oxygens (including phenoxy) is 1. The van der Waals surface area contributed by atoms with E-state index in [1.807, 2.05) is 13.8 Å². The van der Waals surface area contributed by atoms with Gasteiger partial charge in [-0.2, -0.15) is 0 Å². The van der Waals surface area contributed by atoms with Crippen LogP contribution in [0.1, 0.15) is 40.1 Å². The first-order valence-electron chi connectivity index (χ1n) is 6.05. The summed E-state index contributed by atoms with van der Waals surface area (Å²) < 4.78 is 4.76. The van der Waals surface area contributed by atoms with Crippen LogP contribution in [0.4, 0.5) is 5.00 Å². The number of alkyl halides is 1. The molecule has 0 aliphatic heterocycles. The predicted molar refractivity (Wildman–Crippen MR) is 81.4 cm³/mol. The number of carbonyl (C=O) groups is 2. The number of anilines is 1. The van der Waals surface area contributed by atoms with Gasteiger partial charge in [-0.1, -0.05) is 15.9 Å². The van der Waals surface area contributed by atoms with Crippen molar-refractivity contribution in [2.75, 3.05) is 17.8 Å². The summed E-state index contributed by atoms with van der Waals surface area (Å²) in [7, 11) is 1.34.